The number of ether oxygens (including phenoxy) is 1. The van der Waals surface area contributed by atoms with Gasteiger partial charge in [-0.05, 0) is 26.0 Å². The highest BCUT2D eigenvalue weighted by Crippen LogP contribution is 2.24. The van der Waals surface area contributed by atoms with Crippen LogP contribution < -0.4 is 10.2 Å². The number of carbonyl (C=O) groups excluding carboxylic acids is 1. The number of carbonyl (C=O) groups is 1. The van der Waals surface area contributed by atoms with Crippen LogP contribution in [0.3, 0.4) is 0 Å². The molecule has 2 N–H and O–H groups in total. The number of amides is 1. The van der Waals surface area contributed by atoms with E-state index < -0.39 is 16.4 Å². The number of nitrogens with zero attached hydrogens (tertiary/aromatic N) is 1. The summed E-state index contributed by atoms with van der Waals surface area (Å²) in [6.45, 7) is 5.47. The summed E-state index contributed by atoms with van der Waals surface area (Å²) in [6.07, 6.45) is 0.124. The maximum Gasteiger partial charge on any atom is 0.295 e. The van der Waals surface area contributed by atoms with Gasteiger partial charge in [0, 0.05) is 0 Å². The van der Waals surface area contributed by atoms with E-state index >= 15 is 0 Å². The third-order valence-electron chi connectivity index (χ3n) is 3.46. The zero-order valence-corrected chi connectivity index (χ0v) is 12.5. The van der Waals surface area contributed by atoms with E-state index in [0.29, 0.717) is 13.1 Å². The van der Waals surface area contributed by atoms with Gasteiger partial charge in [-0.2, -0.15) is 0 Å². The van der Waals surface area contributed by atoms with Gasteiger partial charge >= 0.3 is 0 Å². The predicted octanol–water partition coefficient (Wildman–Crippen LogP) is 0.365. The molecule has 1 aliphatic heterocycles. The molecule has 1 aromatic rings. The van der Waals surface area contributed by atoms with Crippen molar-refractivity contribution in [2.75, 3.05) is 25.0 Å². The monoisotopic (exact) mass is 312 g/mol. The van der Waals surface area contributed by atoms with Gasteiger partial charge in [-0.25, -0.2) is 4.39 Å². The van der Waals surface area contributed by atoms with Crippen LogP contribution in [0.5, 0.6) is 0 Å². The lowest BCUT2D eigenvalue weighted by Crippen LogP contribution is -3.16. The number of hydrogen-bond acceptors (Lipinski definition) is 4. The highest BCUT2D eigenvalue weighted by Gasteiger charge is 2.27. The molecule has 0 radical (unpaired) electrons. The normalized spacial score (nSPS) is 24.8. The van der Waals surface area contributed by atoms with Gasteiger partial charge in [-0.1, -0.05) is 0 Å². The molecule has 1 aromatic carbocycles. The minimum Gasteiger partial charge on any atom is -0.364 e. The average molecular weight is 312 g/mol. The molecule has 1 heterocycles. The van der Waals surface area contributed by atoms with Crippen molar-refractivity contribution >= 4 is 17.3 Å². The summed E-state index contributed by atoms with van der Waals surface area (Å²) in [4.78, 5) is 23.3. The Bertz CT molecular complexity index is 571. The molecule has 1 amide bonds. The fourth-order valence-electron chi connectivity index (χ4n) is 2.72. The maximum absolute atomic E-state index is 13.1. The van der Waals surface area contributed by atoms with Crippen molar-refractivity contribution in [3.63, 3.8) is 0 Å². The molecule has 0 aromatic heterocycles. The van der Waals surface area contributed by atoms with Crippen LogP contribution in [0, 0.1) is 15.9 Å². The van der Waals surface area contributed by atoms with Gasteiger partial charge in [0.15, 0.2) is 6.54 Å². The molecule has 1 saturated heterocycles. The molecule has 1 fully saturated rings. The van der Waals surface area contributed by atoms with Gasteiger partial charge in [0.25, 0.3) is 11.6 Å². The van der Waals surface area contributed by atoms with Gasteiger partial charge in [0.1, 0.15) is 36.8 Å². The van der Waals surface area contributed by atoms with Crippen LogP contribution in [-0.2, 0) is 9.53 Å². The Morgan fingerprint density at radius 2 is 2.09 bits per heavy atom. The van der Waals surface area contributed by atoms with Crippen LogP contribution in [0.2, 0.25) is 0 Å². The highest BCUT2D eigenvalue weighted by atomic mass is 19.1. The zero-order chi connectivity index (χ0) is 16.3. The maximum atomic E-state index is 13.1. The second-order valence-corrected chi connectivity index (χ2v) is 5.56. The van der Waals surface area contributed by atoms with Gasteiger partial charge in [0.2, 0.25) is 0 Å². The largest absolute Gasteiger partial charge is 0.364 e. The second kappa shape index (κ2) is 6.80. The first-order valence-electron chi connectivity index (χ1n) is 7.08. The number of nitrogens with one attached hydrogen (secondary N) is 2. The number of nitro groups is 1. The van der Waals surface area contributed by atoms with E-state index in [0.717, 1.165) is 17.0 Å². The third kappa shape index (κ3) is 4.22. The van der Waals surface area contributed by atoms with Crippen LogP contribution in [0.1, 0.15) is 13.8 Å². The fraction of sp³-hybridized carbons (Fsp3) is 0.500. The molecule has 1 aliphatic rings. The van der Waals surface area contributed by atoms with Crippen LogP contribution in [0.25, 0.3) is 0 Å². The first kappa shape index (κ1) is 16.3. The van der Waals surface area contributed by atoms with Gasteiger partial charge in [0.05, 0.1) is 11.0 Å². The molecule has 8 heteroatoms. The summed E-state index contributed by atoms with van der Waals surface area (Å²) in [6, 6.07) is 3.07. The van der Waals surface area contributed by atoms with E-state index in [1.165, 1.54) is 6.07 Å². The Morgan fingerprint density at radius 1 is 1.45 bits per heavy atom. The molecule has 0 aliphatic carbocycles. The van der Waals surface area contributed by atoms with Crippen LogP contribution >= 0.6 is 0 Å². The molecule has 2 rings (SSSR count). The summed E-state index contributed by atoms with van der Waals surface area (Å²) in [5.41, 5.74) is -0.447. The minimum atomic E-state index is -0.718. The standard InChI is InChI=1S/C14H18FN3O4/c1-9-6-17(7-10(2)22-9)8-14(19)16-12-4-3-11(15)5-13(12)18(20)21/h3-5,9-10H,6-8H2,1-2H3,(H,16,19)/p+1/t9-,10-/m1/s1. The van der Waals surface area contributed by atoms with Crippen molar-refractivity contribution in [2.24, 2.45) is 0 Å². The molecule has 0 spiro atoms. The number of morpholine rings is 1. The van der Waals surface area contributed by atoms with E-state index in [-0.39, 0.29) is 30.3 Å². The smallest absolute Gasteiger partial charge is 0.295 e. The number of quaternary nitrogens is 1. The van der Waals surface area contributed by atoms with Gasteiger partial charge in [-0.15, -0.1) is 0 Å². The lowest BCUT2D eigenvalue weighted by atomic mass is 10.2. The molecular formula is C14H19FN3O4+. The Labute approximate surface area is 127 Å². The number of nitro benzene ring substituents is 1. The van der Waals surface area contributed by atoms with Crippen LogP contribution in [0.15, 0.2) is 18.2 Å². The molecule has 2 atom stereocenters. The highest BCUT2D eigenvalue weighted by molar-refractivity contribution is 5.93. The van der Waals surface area contributed by atoms with E-state index in [1.54, 1.807) is 0 Å². The predicted molar refractivity (Wildman–Crippen MR) is 77.3 cm³/mol. The molecule has 7 nitrogen and oxygen atoms in total. The lowest BCUT2D eigenvalue weighted by molar-refractivity contribution is -0.907. The average Bonchev–Trinajstić information content (AvgIpc) is 2.39. The van der Waals surface area contributed by atoms with Crippen molar-refractivity contribution < 1.29 is 23.7 Å². The minimum absolute atomic E-state index is 0.00477. The Hall–Kier alpha value is -2.06. The topological polar surface area (TPSA) is 85.9 Å². The fourth-order valence-corrected chi connectivity index (χ4v) is 2.72. The van der Waals surface area contributed by atoms with Crippen molar-refractivity contribution in [2.45, 2.75) is 26.1 Å². The molecule has 0 unspecified atom stereocenters. The first-order valence-corrected chi connectivity index (χ1v) is 7.08. The number of benzene rings is 1. The summed E-state index contributed by atoms with van der Waals surface area (Å²) in [5.74, 6) is -1.06. The molecule has 0 saturated carbocycles. The van der Waals surface area contributed by atoms with E-state index in [1.807, 2.05) is 13.8 Å². The molecule has 22 heavy (non-hydrogen) atoms. The number of halogens is 1. The van der Waals surface area contributed by atoms with Crippen LogP contribution in [-0.4, -0.2) is 42.7 Å². The third-order valence-corrected chi connectivity index (χ3v) is 3.46. The summed E-state index contributed by atoms with van der Waals surface area (Å²) >= 11 is 0. The number of hydrogen-bond donors (Lipinski definition) is 2. The zero-order valence-electron chi connectivity index (χ0n) is 12.5. The van der Waals surface area contributed by atoms with Crippen LogP contribution in [0.4, 0.5) is 15.8 Å². The quantitative estimate of drug-likeness (QED) is 0.621. The second-order valence-electron chi connectivity index (χ2n) is 5.56. The van der Waals surface area contributed by atoms with Crippen molar-refractivity contribution in [3.8, 4) is 0 Å². The Morgan fingerprint density at radius 3 is 2.68 bits per heavy atom. The lowest BCUT2D eigenvalue weighted by Gasteiger charge is -2.31. The van der Waals surface area contributed by atoms with Gasteiger partial charge in [-0.3, -0.25) is 14.9 Å². The van der Waals surface area contributed by atoms with E-state index in [2.05, 4.69) is 5.32 Å². The van der Waals surface area contributed by atoms with Crippen molar-refractivity contribution in [1.82, 2.24) is 0 Å². The summed E-state index contributed by atoms with van der Waals surface area (Å²) in [7, 11) is 0. The SMILES string of the molecule is C[C@@H]1C[NH+](CC(=O)Nc2ccc(F)cc2[N+](=O)[O-])C[C@@H](C)O1. The Balaban J connectivity index is 2.02. The van der Waals surface area contributed by atoms with Crippen molar-refractivity contribution in [3.05, 3.63) is 34.1 Å². The van der Waals surface area contributed by atoms with Crippen molar-refractivity contribution in [1.29, 1.82) is 0 Å². The molecular weight excluding hydrogens is 293 g/mol. The van der Waals surface area contributed by atoms with Gasteiger partial charge < -0.3 is 15.0 Å². The van der Waals surface area contributed by atoms with E-state index in [4.69, 9.17) is 4.74 Å². The molecule has 120 valence electrons. The number of rotatable bonds is 4. The first-order chi connectivity index (χ1) is 10.3. The van der Waals surface area contributed by atoms with E-state index in [9.17, 15) is 19.3 Å². The molecule has 0 bridgehead atoms. The summed E-state index contributed by atoms with van der Waals surface area (Å²) < 4.78 is 18.7. The Kier molecular flexibility index (Phi) is 5.04. The summed E-state index contributed by atoms with van der Waals surface area (Å²) in [5, 5.41) is 13.4. The number of anilines is 1.